The number of nitrogens with zero attached hydrogens (tertiary/aromatic N) is 2. The number of aryl methyl sites for hydroxylation is 1. The Morgan fingerprint density at radius 2 is 2.12 bits per heavy atom. The topological polar surface area (TPSA) is 68.2 Å². The summed E-state index contributed by atoms with van der Waals surface area (Å²) in [6, 6.07) is 2.92. The number of ether oxygens (including phenoxy) is 1. The molecule has 2 rings (SSSR count). The molecule has 0 bridgehead atoms. The zero-order valence-electron chi connectivity index (χ0n) is 14.0. The standard InChI is InChI=1S/C16H19F3N4O2/c1-20-14(11-8-22-23(2)9-11)15(24)21-7-10-4-5-12(25-3)6-13(10)16(17,18)19/h4-6,8-9,14,20H,7H2,1-3H3,(H,21,24). The highest BCUT2D eigenvalue weighted by atomic mass is 19.4. The molecule has 0 fully saturated rings. The number of amides is 1. The lowest BCUT2D eigenvalue weighted by Crippen LogP contribution is -2.35. The van der Waals surface area contributed by atoms with Crippen molar-refractivity contribution in [1.29, 1.82) is 0 Å². The maximum Gasteiger partial charge on any atom is 0.416 e. The third kappa shape index (κ3) is 4.50. The molecule has 1 unspecified atom stereocenters. The van der Waals surface area contributed by atoms with E-state index >= 15 is 0 Å². The number of likely N-dealkylation sites (N-methyl/N-ethyl adjacent to an activating group) is 1. The molecular weight excluding hydrogens is 337 g/mol. The lowest BCUT2D eigenvalue weighted by atomic mass is 10.1. The molecule has 136 valence electrons. The molecule has 6 nitrogen and oxygen atoms in total. The Labute approximate surface area is 143 Å². The van der Waals surface area contributed by atoms with Crippen molar-refractivity contribution in [1.82, 2.24) is 20.4 Å². The fraction of sp³-hybridized carbons (Fsp3) is 0.375. The highest BCUT2D eigenvalue weighted by Crippen LogP contribution is 2.34. The number of rotatable bonds is 6. The van der Waals surface area contributed by atoms with Crippen molar-refractivity contribution in [3.05, 3.63) is 47.3 Å². The van der Waals surface area contributed by atoms with Gasteiger partial charge < -0.3 is 15.4 Å². The van der Waals surface area contributed by atoms with Crippen molar-refractivity contribution in [3.8, 4) is 5.75 Å². The summed E-state index contributed by atoms with van der Waals surface area (Å²) in [4.78, 5) is 12.3. The molecule has 0 aliphatic carbocycles. The predicted molar refractivity (Wildman–Crippen MR) is 84.9 cm³/mol. The second-order valence-electron chi connectivity index (χ2n) is 5.41. The van der Waals surface area contributed by atoms with Gasteiger partial charge in [0.1, 0.15) is 11.8 Å². The van der Waals surface area contributed by atoms with E-state index in [1.807, 2.05) is 0 Å². The van der Waals surface area contributed by atoms with E-state index in [2.05, 4.69) is 15.7 Å². The van der Waals surface area contributed by atoms with Crippen molar-refractivity contribution in [2.24, 2.45) is 7.05 Å². The molecule has 1 amide bonds. The largest absolute Gasteiger partial charge is 0.497 e. The number of nitrogens with one attached hydrogen (secondary N) is 2. The number of hydrogen-bond acceptors (Lipinski definition) is 4. The van der Waals surface area contributed by atoms with Gasteiger partial charge in [-0.25, -0.2) is 0 Å². The SMILES string of the molecule is CNC(C(=O)NCc1ccc(OC)cc1C(F)(F)F)c1cnn(C)c1. The number of alkyl halides is 3. The number of hydrogen-bond donors (Lipinski definition) is 2. The molecule has 0 saturated heterocycles. The van der Waals surface area contributed by atoms with Crippen molar-refractivity contribution < 1.29 is 22.7 Å². The Kier molecular flexibility index (Phi) is 5.68. The monoisotopic (exact) mass is 356 g/mol. The second-order valence-corrected chi connectivity index (χ2v) is 5.41. The van der Waals surface area contributed by atoms with Crippen LogP contribution in [0.25, 0.3) is 0 Å². The van der Waals surface area contributed by atoms with Gasteiger partial charge in [-0.2, -0.15) is 18.3 Å². The minimum absolute atomic E-state index is 0.0392. The summed E-state index contributed by atoms with van der Waals surface area (Å²) < 4.78 is 45.9. The fourth-order valence-electron chi connectivity index (χ4n) is 2.42. The molecular formula is C16H19F3N4O2. The number of benzene rings is 1. The molecule has 25 heavy (non-hydrogen) atoms. The maximum atomic E-state index is 13.2. The average molecular weight is 356 g/mol. The van der Waals surface area contributed by atoms with Crippen LogP contribution in [0.2, 0.25) is 0 Å². The number of carbonyl (C=O) groups excluding carboxylic acids is 1. The molecule has 0 spiro atoms. The molecule has 1 heterocycles. The quantitative estimate of drug-likeness (QED) is 0.831. The van der Waals surface area contributed by atoms with Gasteiger partial charge in [0.05, 0.1) is 18.9 Å². The highest BCUT2D eigenvalue weighted by molar-refractivity contribution is 5.83. The van der Waals surface area contributed by atoms with Crippen LogP contribution in [0.5, 0.6) is 5.75 Å². The summed E-state index contributed by atoms with van der Waals surface area (Å²) in [7, 11) is 4.59. The van der Waals surface area contributed by atoms with Crippen LogP contribution in [-0.2, 0) is 24.6 Å². The minimum Gasteiger partial charge on any atom is -0.497 e. The Morgan fingerprint density at radius 1 is 1.40 bits per heavy atom. The van der Waals surface area contributed by atoms with Gasteiger partial charge in [-0.15, -0.1) is 0 Å². The van der Waals surface area contributed by atoms with Gasteiger partial charge in [0, 0.05) is 25.4 Å². The lowest BCUT2D eigenvalue weighted by molar-refractivity contribution is -0.138. The molecule has 9 heteroatoms. The molecule has 0 radical (unpaired) electrons. The highest BCUT2D eigenvalue weighted by Gasteiger charge is 2.34. The minimum atomic E-state index is -4.54. The van der Waals surface area contributed by atoms with E-state index in [1.54, 1.807) is 20.3 Å². The van der Waals surface area contributed by atoms with Gasteiger partial charge >= 0.3 is 6.18 Å². The molecule has 0 aliphatic heterocycles. The van der Waals surface area contributed by atoms with Gasteiger partial charge in [-0.1, -0.05) is 6.07 Å². The van der Waals surface area contributed by atoms with E-state index in [0.717, 1.165) is 6.07 Å². The van der Waals surface area contributed by atoms with E-state index in [9.17, 15) is 18.0 Å². The predicted octanol–water partition coefficient (Wildman–Crippen LogP) is 2.02. The van der Waals surface area contributed by atoms with Gasteiger partial charge in [-0.05, 0) is 24.7 Å². The van der Waals surface area contributed by atoms with E-state index < -0.39 is 23.7 Å². The summed E-state index contributed by atoms with van der Waals surface area (Å²) in [5, 5.41) is 9.34. The van der Waals surface area contributed by atoms with Gasteiger partial charge in [0.15, 0.2) is 0 Å². The third-order valence-electron chi connectivity index (χ3n) is 3.68. The zero-order chi connectivity index (χ0) is 18.6. The molecule has 1 atom stereocenters. The van der Waals surface area contributed by atoms with Crippen LogP contribution < -0.4 is 15.4 Å². The molecule has 1 aromatic heterocycles. The molecule has 0 saturated carbocycles. The van der Waals surface area contributed by atoms with Crippen LogP contribution in [0.3, 0.4) is 0 Å². The van der Waals surface area contributed by atoms with Crippen LogP contribution in [-0.4, -0.2) is 29.8 Å². The Morgan fingerprint density at radius 3 is 2.64 bits per heavy atom. The first-order valence-corrected chi connectivity index (χ1v) is 7.44. The Hall–Kier alpha value is -2.55. The van der Waals surface area contributed by atoms with Crippen LogP contribution in [0.1, 0.15) is 22.7 Å². The van der Waals surface area contributed by atoms with Crippen LogP contribution >= 0.6 is 0 Å². The van der Waals surface area contributed by atoms with Crippen LogP contribution in [0.15, 0.2) is 30.6 Å². The van der Waals surface area contributed by atoms with Crippen molar-refractivity contribution in [2.75, 3.05) is 14.2 Å². The normalized spacial score (nSPS) is 12.7. The van der Waals surface area contributed by atoms with E-state index in [4.69, 9.17) is 4.74 Å². The maximum absolute atomic E-state index is 13.2. The van der Waals surface area contributed by atoms with Gasteiger partial charge in [0.25, 0.3) is 0 Å². The zero-order valence-corrected chi connectivity index (χ0v) is 14.0. The summed E-state index contributed by atoms with van der Waals surface area (Å²) >= 11 is 0. The van der Waals surface area contributed by atoms with Crippen molar-refractivity contribution in [2.45, 2.75) is 18.8 Å². The molecule has 1 aromatic carbocycles. The van der Waals surface area contributed by atoms with E-state index in [0.29, 0.717) is 5.56 Å². The second kappa shape index (κ2) is 7.56. The van der Waals surface area contributed by atoms with Crippen LogP contribution in [0.4, 0.5) is 13.2 Å². The number of carbonyl (C=O) groups is 1. The van der Waals surface area contributed by atoms with E-state index in [1.165, 1.54) is 30.1 Å². The molecule has 2 N–H and O–H groups in total. The molecule has 2 aromatic rings. The summed E-state index contributed by atoms with van der Waals surface area (Å²) in [5.41, 5.74) is -0.259. The molecule has 0 aliphatic rings. The summed E-state index contributed by atoms with van der Waals surface area (Å²) in [6.45, 7) is -0.254. The first-order chi connectivity index (χ1) is 11.8. The van der Waals surface area contributed by atoms with Crippen LogP contribution in [0, 0.1) is 0 Å². The number of aromatic nitrogens is 2. The lowest BCUT2D eigenvalue weighted by Gasteiger charge is -2.17. The first-order valence-electron chi connectivity index (χ1n) is 7.44. The first kappa shape index (κ1) is 18.8. The summed E-state index contributed by atoms with van der Waals surface area (Å²) in [5.74, 6) is -0.342. The summed E-state index contributed by atoms with van der Waals surface area (Å²) in [6.07, 6.45) is -1.36. The van der Waals surface area contributed by atoms with E-state index in [-0.39, 0.29) is 17.9 Å². The smallest absolute Gasteiger partial charge is 0.416 e. The average Bonchev–Trinajstić information content (AvgIpc) is 2.98. The Balaban J connectivity index is 2.16. The third-order valence-corrected chi connectivity index (χ3v) is 3.68. The van der Waals surface area contributed by atoms with Gasteiger partial charge in [0.2, 0.25) is 5.91 Å². The Bertz CT molecular complexity index is 743. The number of methoxy groups -OCH3 is 1. The van der Waals surface area contributed by atoms with Gasteiger partial charge in [-0.3, -0.25) is 9.48 Å². The fourth-order valence-corrected chi connectivity index (χ4v) is 2.42. The van der Waals surface area contributed by atoms with Crippen molar-refractivity contribution in [3.63, 3.8) is 0 Å². The number of halogens is 3. The van der Waals surface area contributed by atoms with Crippen molar-refractivity contribution >= 4 is 5.91 Å².